The number of ketones is 1. The number of carbonyl (C=O) groups excluding carboxylic acids is 1. The number of carbonyl (C=O) groups is 1. The van der Waals surface area contributed by atoms with Gasteiger partial charge in [-0.05, 0) is 54.2 Å². The van der Waals surface area contributed by atoms with E-state index in [0.717, 1.165) is 18.4 Å². The average molecular weight is 333 g/mol. The van der Waals surface area contributed by atoms with Crippen LogP contribution in [0, 0.1) is 5.82 Å². The molecule has 20 heavy (non-hydrogen) atoms. The molecule has 3 rings (SSSR count). The molecule has 2 aromatic carbocycles. The van der Waals surface area contributed by atoms with Crippen LogP contribution in [0.25, 0.3) is 0 Å². The molecule has 0 saturated carbocycles. The molecular formula is C17H14BrFO. The Balaban J connectivity index is 1.84. The predicted molar refractivity (Wildman–Crippen MR) is 80.6 cm³/mol. The molecule has 0 fully saturated rings. The van der Waals surface area contributed by atoms with Crippen LogP contribution in [0.2, 0.25) is 0 Å². The second kappa shape index (κ2) is 5.49. The lowest BCUT2D eigenvalue weighted by atomic mass is 9.99. The Labute approximate surface area is 126 Å². The van der Waals surface area contributed by atoms with Gasteiger partial charge in [-0.3, -0.25) is 4.79 Å². The van der Waals surface area contributed by atoms with Crippen LogP contribution in [0.1, 0.15) is 33.5 Å². The van der Waals surface area contributed by atoms with Gasteiger partial charge in [0.2, 0.25) is 0 Å². The van der Waals surface area contributed by atoms with Gasteiger partial charge in [-0.25, -0.2) is 4.39 Å². The van der Waals surface area contributed by atoms with Crippen molar-refractivity contribution in [3.05, 3.63) is 68.9 Å². The summed E-state index contributed by atoms with van der Waals surface area (Å²) in [6.45, 7) is 0. The van der Waals surface area contributed by atoms with Crippen LogP contribution >= 0.6 is 15.9 Å². The summed E-state index contributed by atoms with van der Waals surface area (Å²) in [5.74, 6) is -0.445. The predicted octanol–water partition coefficient (Wildman–Crippen LogP) is 4.50. The van der Waals surface area contributed by atoms with E-state index in [1.165, 1.54) is 29.7 Å². The Hall–Kier alpha value is -1.48. The van der Waals surface area contributed by atoms with Crippen molar-refractivity contribution in [3.63, 3.8) is 0 Å². The number of rotatable bonds is 3. The molecule has 102 valence electrons. The van der Waals surface area contributed by atoms with Crippen molar-refractivity contribution in [2.45, 2.75) is 25.7 Å². The van der Waals surface area contributed by atoms with Gasteiger partial charge in [-0.2, -0.15) is 0 Å². The molecule has 0 bridgehead atoms. The number of hydrogen-bond acceptors (Lipinski definition) is 1. The van der Waals surface area contributed by atoms with Gasteiger partial charge in [-0.1, -0.05) is 34.1 Å². The third kappa shape index (κ3) is 2.68. The van der Waals surface area contributed by atoms with E-state index in [9.17, 15) is 9.18 Å². The molecule has 0 unspecified atom stereocenters. The molecule has 0 atom stereocenters. The molecule has 0 amide bonds. The number of Topliss-reactive ketones (excluding diaryl/α,β-unsaturated/α-hetero) is 1. The minimum atomic E-state index is -0.384. The average Bonchev–Trinajstić information content (AvgIpc) is 2.89. The zero-order chi connectivity index (χ0) is 14.1. The van der Waals surface area contributed by atoms with Crippen LogP contribution in [-0.4, -0.2) is 5.78 Å². The monoisotopic (exact) mass is 332 g/mol. The van der Waals surface area contributed by atoms with Gasteiger partial charge >= 0.3 is 0 Å². The molecule has 0 aliphatic heterocycles. The van der Waals surface area contributed by atoms with E-state index >= 15 is 0 Å². The van der Waals surface area contributed by atoms with Crippen LogP contribution in [0.3, 0.4) is 0 Å². The maximum Gasteiger partial charge on any atom is 0.168 e. The van der Waals surface area contributed by atoms with E-state index in [0.29, 0.717) is 16.5 Å². The minimum absolute atomic E-state index is 0.0608. The number of fused-ring (bicyclic) bond motifs is 1. The van der Waals surface area contributed by atoms with E-state index in [2.05, 4.69) is 28.1 Å². The van der Waals surface area contributed by atoms with Crippen LogP contribution in [0.4, 0.5) is 4.39 Å². The van der Waals surface area contributed by atoms with Gasteiger partial charge in [0.25, 0.3) is 0 Å². The summed E-state index contributed by atoms with van der Waals surface area (Å²) in [6, 6.07) is 10.5. The van der Waals surface area contributed by atoms with E-state index in [1.807, 2.05) is 6.07 Å². The third-order valence-corrected chi connectivity index (χ3v) is 4.45. The van der Waals surface area contributed by atoms with E-state index in [1.54, 1.807) is 6.07 Å². The Morgan fingerprint density at radius 1 is 1.10 bits per heavy atom. The Kier molecular flexibility index (Phi) is 3.70. The fraction of sp³-hybridized carbons (Fsp3) is 0.235. The molecule has 0 aromatic heterocycles. The summed E-state index contributed by atoms with van der Waals surface area (Å²) in [5.41, 5.74) is 4.17. The zero-order valence-corrected chi connectivity index (χ0v) is 12.5. The fourth-order valence-corrected chi connectivity index (χ4v) is 3.19. The maximum absolute atomic E-state index is 13.3. The molecule has 0 radical (unpaired) electrons. The summed E-state index contributed by atoms with van der Waals surface area (Å²) >= 11 is 3.31. The number of halogens is 2. The second-order valence-corrected chi connectivity index (χ2v) is 6.04. The Morgan fingerprint density at radius 2 is 1.90 bits per heavy atom. The molecule has 3 heteroatoms. The first-order valence-corrected chi connectivity index (χ1v) is 7.52. The lowest BCUT2D eigenvalue weighted by Crippen LogP contribution is -2.05. The van der Waals surface area contributed by atoms with Crippen LogP contribution in [0.5, 0.6) is 0 Å². The summed E-state index contributed by atoms with van der Waals surface area (Å²) in [5, 5.41) is 0. The largest absolute Gasteiger partial charge is 0.294 e. The van der Waals surface area contributed by atoms with Crippen LogP contribution < -0.4 is 0 Å². The minimum Gasteiger partial charge on any atom is -0.294 e. The topological polar surface area (TPSA) is 17.1 Å². The van der Waals surface area contributed by atoms with Crippen molar-refractivity contribution in [1.82, 2.24) is 0 Å². The smallest absolute Gasteiger partial charge is 0.168 e. The van der Waals surface area contributed by atoms with E-state index < -0.39 is 0 Å². The first kappa shape index (κ1) is 13.5. The molecule has 1 aliphatic rings. The molecule has 0 heterocycles. The molecule has 0 spiro atoms. The van der Waals surface area contributed by atoms with Crippen molar-refractivity contribution in [3.8, 4) is 0 Å². The quantitative estimate of drug-likeness (QED) is 0.756. The summed E-state index contributed by atoms with van der Waals surface area (Å²) in [6.07, 6.45) is 3.75. The molecule has 0 saturated heterocycles. The first-order chi connectivity index (χ1) is 9.63. The van der Waals surface area contributed by atoms with Crippen molar-refractivity contribution in [2.75, 3.05) is 0 Å². The second-order valence-electron chi connectivity index (χ2n) is 5.18. The normalized spacial score (nSPS) is 13.3. The van der Waals surface area contributed by atoms with Gasteiger partial charge < -0.3 is 0 Å². The highest BCUT2D eigenvalue weighted by atomic mass is 79.9. The molecule has 0 N–H and O–H groups in total. The number of aryl methyl sites for hydroxylation is 2. The number of benzene rings is 2. The van der Waals surface area contributed by atoms with Gasteiger partial charge in [-0.15, -0.1) is 0 Å². The fourth-order valence-electron chi connectivity index (χ4n) is 2.73. The standard InChI is InChI=1S/C17H14BrFO/c18-16-7-6-14(19)10-15(16)17(20)9-11-4-5-12-2-1-3-13(12)8-11/h4-8,10H,1-3,9H2. The zero-order valence-electron chi connectivity index (χ0n) is 11.0. The van der Waals surface area contributed by atoms with Crippen LogP contribution in [-0.2, 0) is 19.3 Å². The van der Waals surface area contributed by atoms with Crippen molar-refractivity contribution >= 4 is 21.7 Å². The summed E-state index contributed by atoms with van der Waals surface area (Å²) in [7, 11) is 0. The highest BCUT2D eigenvalue weighted by molar-refractivity contribution is 9.10. The Morgan fingerprint density at radius 3 is 2.75 bits per heavy atom. The lowest BCUT2D eigenvalue weighted by molar-refractivity contribution is 0.0992. The van der Waals surface area contributed by atoms with Crippen LogP contribution in [0.15, 0.2) is 40.9 Å². The Bertz CT molecular complexity index is 679. The highest BCUT2D eigenvalue weighted by Crippen LogP contribution is 2.24. The molecule has 2 aromatic rings. The van der Waals surface area contributed by atoms with Gasteiger partial charge in [0.15, 0.2) is 5.78 Å². The summed E-state index contributed by atoms with van der Waals surface area (Å²) < 4.78 is 13.9. The van der Waals surface area contributed by atoms with Gasteiger partial charge in [0.1, 0.15) is 5.82 Å². The van der Waals surface area contributed by atoms with Gasteiger partial charge in [0.05, 0.1) is 0 Å². The number of hydrogen-bond donors (Lipinski definition) is 0. The molecule has 1 aliphatic carbocycles. The maximum atomic E-state index is 13.3. The highest BCUT2D eigenvalue weighted by Gasteiger charge is 2.15. The van der Waals surface area contributed by atoms with Crippen molar-refractivity contribution in [2.24, 2.45) is 0 Å². The first-order valence-electron chi connectivity index (χ1n) is 6.72. The SMILES string of the molecule is O=C(Cc1ccc2c(c1)CCC2)c1cc(F)ccc1Br. The van der Waals surface area contributed by atoms with E-state index in [-0.39, 0.29) is 11.6 Å². The van der Waals surface area contributed by atoms with E-state index in [4.69, 9.17) is 0 Å². The lowest BCUT2D eigenvalue weighted by Gasteiger charge is -2.06. The molecule has 1 nitrogen and oxygen atoms in total. The van der Waals surface area contributed by atoms with Gasteiger partial charge in [0, 0.05) is 16.5 Å². The summed E-state index contributed by atoms with van der Waals surface area (Å²) in [4.78, 5) is 12.3. The molecular weight excluding hydrogens is 319 g/mol. The third-order valence-electron chi connectivity index (χ3n) is 3.76. The van der Waals surface area contributed by atoms with Crippen molar-refractivity contribution < 1.29 is 9.18 Å². The van der Waals surface area contributed by atoms with Crippen molar-refractivity contribution in [1.29, 1.82) is 0 Å².